The Kier molecular flexibility index (Phi) is 7.60. The average molecular weight is 409 g/mol. The summed E-state index contributed by atoms with van der Waals surface area (Å²) in [5.74, 6) is 1.10. The minimum atomic E-state index is -0.180. The normalized spacial score (nSPS) is 10.6. The van der Waals surface area contributed by atoms with Crippen LogP contribution in [0, 0.1) is 11.3 Å². The van der Waals surface area contributed by atoms with Gasteiger partial charge in [0.15, 0.2) is 5.01 Å². The molecule has 0 aliphatic heterocycles. The van der Waals surface area contributed by atoms with E-state index in [0.717, 1.165) is 34.4 Å². The molecule has 1 aromatic heterocycles. The van der Waals surface area contributed by atoms with Gasteiger partial charge in [0.1, 0.15) is 24.2 Å². The van der Waals surface area contributed by atoms with E-state index in [9.17, 15) is 4.79 Å². The number of unbranched alkanes of at least 4 members (excludes halogenated alkanes) is 4. The molecular formula is C23H24N2O3S. The first-order chi connectivity index (χ1) is 14.2. The van der Waals surface area contributed by atoms with Gasteiger partial charge in [0.05, 0.1) is 10.2 Å². The maximum absolute atomic E-state index is 11.9. The van der Waals surface area contributed by atoms with Gasteiger partial charge in [-0.15, -0.1) is 11.3 Å². The zero-order valence-electron chi connectivity index (χ0n) is 16.5. The van der Waals surface area contributed by atoms with Gasteiger partial charge in [-0.2, -0.15) is 5.26 Å². The highest BCUT2D eigenvalue weighted by molar-refractivity contribution is 7.19. The Balaban J connectivity index is 1.46. The lowest BCUT2D eigenvalue weighted by atomic mass is 10.1. The van der Waals surface area contributed by atoms with Crippen LogP contribution in [0.15, 0.2) is 42.5 Å². The van der Waals surface area contributed by atoms with Crippen molar-refractivity contribution in [2.75, 3.05) is 0 Å². The quantitative estimate of drug-likeness (QED) is 0.233. The number of hydrogen-bond donors (Lipinski definition) is 0. The number of benzene rings is 2. The number of aromatic nitrogens is 1. The van der Waals surface area contributed by atoms with Gasteiger partial charge in [-0.25, -0.2) is 4.98 Å². The lowest BCUT2D eigenvalue weighted by Crippen LogP contribution is -2.07. The fourth-order valence-corrected chi connectivity index (χ4v) is 3.71. The third-order valence-electron chi connectivity index (χ3n) is 4.50. The van der Waals surface area contributed by atoms with Crippen molar-refractivity contribution < 1.29 is 14.3 Å². The standard InChI is InChI=1S/C23H24N2O3S/c1-2-3-4-5-6-7-23(26)28-18-10-8-17(9-11-18)16-27-19-12-13-20-21(14-19)29-22(15-24)25-20/h8-14H,2-7,16H2,1H3. The summed E-state index contributed by atoms with van der Waals surface area (Å²) in [4.78, 5) is 16.1. The van der Waals surface area contributed by atoms with Crippen LogP contribution in [0.5, 0.6) is 11.5 Å². The summed E-state index contributed by atoms with van der Waals surface area (Å²) in [6.07, 6.45) is 6.01. The number of rotatable bonds is 10. The van der Waals surface area contributed by atoms with E-state index in [0.29, 0.717) is 23.8 Å². The smallest absolute Gasteiger partial charge is 0.311 e. The second kappa shape index (κ2) is 10.6. The van der Waals surface area contributed by atoms with Crippen LogP contribution in [-0.4, -0.2) is 11.0 Å². The van der Waals surface area contributed by atoms with E-state index >= 15 is 0 Å². The predicted octanol–water partition coefficient (Wildman–Crippen LogP) is 6.01. The largest absolute Gasteiger partial charge is 0.489 e. The average Bonchev–Trinajstić information content (AvgIpc) is 3.15. The number of fused-ring (bicyclic) bond motifs is 1. The minimum Gasteiger partial charge on any atom is -0.489 e. The Morgan fingerprint density at radius 3 is 2.59 bits per heavy atom. The SMILES string of the molecule is CCCCCCCC(=O)Oc1ccc(COc2ccc3nc(C#N)sc3c2)cc1. The lowest BCUT2D eigenvalue weighted by Gasteiger charge is -2.08. The molecule has 0 N–H and O–H groups in total. The summed E-state index contributed by atoms with van der Waals surface area (Å²) in [7, 11) is 0. The second-order valence-electron chi connectivity index (χ2n) is 6.83. The summed E-state index contributed by atoms with van der Waals surface area (Å²) in [5, 5.41) is 9.39. The molecule has 0 aliphatic rings. The van der Waals surface area contributed by atoms with Crippen LogP contribution < -0.4 is 9.47 Å². The summed E-state index contributed by atoms with van der Waals surface area (Å²) in [6, 6.07) is 15.0. The van der Waals surface area contributed by atoms with E-state index in [4.69, 9.17) is 14.7 Å². The molecule has 0 spiro atoms. The molecule has 5 nitrogen and oxygen atoms in total. The molecule has 0 atom stereocenters. The topological polar surface area (TPSA) is 72.2 Å². The third kappa shape index (κ3) is 6.30. The zero-order chi connectivity index (χ0) is 20.5. The molecule has 2 aromatic carbocycles. The maximum atomic E-state index is 11.9. The molecule has 0 saturated carbocycles. The molecule has 0 aliphatic carbocycles. The third-order valence-corrected chi connectivity index (χ3v) is 5.42. The number of esters is 1. The minimum absolute atomic E-state index is 0.180. The van der Waals surface area contributed by atoms with E-state index in [1.807, 2.05) is 30.3 Å². The number of nitriles is 1. The van der Waals surface area contributed by atoms with Crippen molar-refractivity contribution in [1.29, 1.82) is 5.26 Å². The Hall–Kier alpha value is -2.91. The number of carbonyl (C=O) groups excluding carboxylic acids is 1. The van der Waals surface area contributed by atoms with Crippen LogP contribution in [0.3, 0.4) is 0 Å². The fraction of sp³-hybridized carbons (Fsp3) is 0.348. The molecule has 0 fully saturated rings. The summed E-state index contributed by atoms with van der Waals surface area (Å²) >= 11 is 1.35. The van der Waals surface area contributed by atoms with Gasteiger partial charge >= 0.3 is 5.97 Å². The lowest BCUT2D eigenvalue weighted by molar-refractivity contribution is -0.134. The monoisotopic (exact) mass is 408 g/mol. The highest BCUT2D eigenvalue weighted by atomic mass is 32.1. The van der Waals surface area contributed by atoms with Crippen molar-refractivity contribution in [2.24, 2.45) is 0 Å². The predicted molar refractivity (Wildman–Crippen MR) is 114 cm³/mol. The number of carbonyl (C=O) groups is 1. The van der Waals surface area contributed by atoms with E-state index in [1.54, 1.807) is 12.1 Å². The summed E-state index contributed by atoms with van der Waals surface area (Å²) in [6.45, 7) is 2.58. The summed E-state index contributed by atoms with van der Waals surface area (Å²) in [5.41, 5.74) is 1.78. The highest BCUT2D eigenvalue weighted by Gasteiger charge is 2.07. The molecule has 0 amide bonds. The van der Waals surface area contributed by atoms with Gasteiger partial charge in [0, 0.05) is 6.42 Å². The van der Waals surface area contributed by atoms with Crippen LogP contribution in [0.1, 0.15) is 56.0 Å². The van der Waals surface area contributed by atoms with E-state index in [1.165, 1.54) is 30.6 Å². The molecule has 150 valence electrons. The van der Waals surface area contributed by atoms with Crippen molar-refractivity contribution >= 4 is 27.5 Å². The Morgan fingerprint density at radius 1 is 1.07 bits per heavy atom. The molecule has 6 heteroatoms. The number of thiazole rings is 1. The Morgan fingerprint density at radius 2 is 1.83 bits per heavy atom. The number of hydrogen-bond acceptors (Lipinski definition) is 6. The van der Waals surface area contributed by atoms with Crippen molar-refractivity contribution in [2.45, 2.75) is 52.1 Å². The molecule has 0 radical (unpaired) electrons. The van der Waals surface area contributed by atoms with Gasteiger partial charge in [0.25, 0.3) is 0 Å². The first-order valence-corrected chi connectivity index (χ1v) is 10.7. The van der Waals surface area contributed by atoms with E-state index < -0.39 is 0 Å². The van der Waals surface area contributed by atoms with Crippen LogP contribution >= 0.6 is 11.3 Å². The van der Waals surface area contributed by atoms with E-state index in [-0.39, 0.29) is 5.97 Å². The molecular weight excluding hydrogens is 384 g/mol. The molecule has 0 saturated heterocycles. The van der Waals surface area contributed by atoms with Crippen molar-refractivity contribution in [3.8, 4) is 17.6 Å². The van der Waals surface area contributed by atoms with Crippen molar-refractivity contribution in [3.63, 3.8) is 0 Å². The first kappa shape index (κ1) is 20.8. The van der Waals surface area contributed by atoms with Crippen LogP contribution in [-0.2, 0) is 11.4 Å². The highest BCUT2D eigenvalue weighted by Crippen LogP contribution is 2.26. The number of nitrogens with zero attached hydrogens (tertiary/aromatic N) is 2. The molecule has 1 heterocycles. The Bertz CT molecular complexity index is 990. The van der Waals surface area contributed by atoms with Crippen LogP contribution in [0.4, 0.5) is 0 Å². The molecule has 0 bridgehead atoms. The van der Waals surface area contributed by atoms with Crippen molar-refractivity contribution in [3.05, 3.63) is 53.0 Å². The van der Waals surface area contributed by atoms with Gasteiger partial charge in [0.2, 0.25) is 0 Å². The van der Waals surface area contributed by atoms with Gasteiger partial charge in [-0.05, 0) is 42.3 Å². The fourth-order valence-electron chi connectivity index (χ4n) is 2.92. The molecule has 3 rings (SSSR count). The second-order valence-corrected chi connectivity index (χ2v) is 7.86. The maximum Gasteiger partial charge on any atom is 0.311 e. The first-order valence-electron chi connectivity index (χ1n) is 9.91. The molecule has 0 unspecified atom stereocenters. The van der Waals surface area contributed by atoms with Gasteiger partial charge < -0.3 is 9.47 Å². The Labute approximate surface area is 174 Å². The van der Waals surface area contributed by atoms with Crippen LogP contribution in [0.2, 0.25) is 0 Å². The van der Waals surface area contributed by atoms with Gasteiger partial charge in [-0.3, -0.25) is 4.79 Å². The zero-order valence-corrected chi connectivity index (χ0v) is 17.3. The molecule has 3 aromatic rings. The van der Waals surface area contributed by atoms with E-state index in [2.05, 4.69) is 18.0 Å². The summed E-state index contributed by atoms with van der Waals surface area (Å²) < 4.78 is 12.2. The number of ether oxygens (including phenoxy) is 2. The van der Waals surface area contributed by atoms with Crippen LogP contribution in [0.25, 0.3) is 10.2 Å². The van der Waals surface area contributed by atoms with Gasteiger partial charge in [-0.1, -0.05) is 44.7 Å². The molecule has 29 heavy (non-hydrogen) atoms. The van der Waals surface area contributed by atoms with Crippen molar-refractivity contribution in [1.82, 2.24) is 4.98 Å².